The number of nitrogens with two attached hydrogens (primary N) is 1. The van der Waals surface area contributed by atoms with Gasteiger partial charge >= 0.3 is 0 Å². The van der Waals surface area contributed by atoms with E-state index in [-0.39, 0.29) is 18.3 Å². The van der Waals surface area contributed by atoms with Gasteiger partial charge in [0.2, 0.25) is 0 Å². The van der Waals surface area contributed by atoms with Crippen molar-refractivity contribution in [1.82, 2.24) is 14.8 Å². The number of anilines is 2. The molecular weight excluding hydrogens is 362 g/mol. The molecule has 1 amide bonds. The highest BCUT2D eigenvalue weighted by molar-refractivity contribution is 6.04. The molecule has 0 saturated heterocycles. The number of nitrogens with zero attached hydrogens (tertiary/aromatic N) is 3. The number of nitrogens with one attached hydrogen (secondary N) is 1. The highest BCUT2D eigenvalue weighted by atomic mass is 35.5. The lowest BCUT2D eigenvalue weighted by atomic mass is 10.1. The SMILES string of the molecule is Cl.Nc1cccc(C(=O)Nc2ccc(-c3nnc4n3CCCCC4)cc2)c1. The van der Waals surface area contributed by atoms with E-state index in [2.05, 4.69) is 20.1 Å². The van der Waals surface area contributed by atoms with Gasteiger partial charge in [-0.1, -0.05) is 12.5 Å². The van der Waals surface area contributed by atoms with E-state index in [4.69, 9.17) is 5.73 Å². The van der Waals surface area contributed by atoms with E-state index in [9.17, 15) is 4.79 Å². The summed E-state index contributed by atoms with van der Waals surface area (Å²) in [7, 11) is 0. The van der Waals surface area contributed by atoms with Crippen molar-refractivity contribution in [1.29, 1.82) is 0 Å². The number of benzene rings is 2. The van der Waals surface area contributed by atoms with Crippen LogP contribution in [0.25, 0.3) is 11.4 Å². The summed E-state index contributed by atoms with van der Waals surface area (Å²) < 4.78 is 2.22. The lowest BCUT2D eigenvalue weighted by Gasteiger charge is -2.09. The molecule has 1 aliphatic heterocycles. The maximum atomic E-state index is 12.3. The summed E-state index contributed by atoms with van der Waals surface area (Å²) >= 11 is 0. The van der Waals surface area contributed by atoms with Gasteiger partial charge in [0, 0.05) is 35.5 Å². The van der Waals surface area contributed by atoms with Gasteiger partial charge in [0.15, 0.2) is 5.82 Å². The largest absolute Gasteiger partial charge is 0.399 e. The Morgan fingerprint density at radius 3 is 2.63 bits per heavy atom. The molecule has 0 atom stereocenters. The van der Waals surface area contributed by atoms with Gasteiger partial charge < -0.3 is 15.6 Å². The second-order valence-corrected chi connectivity index (χ2v) is 6.56. The van der Waals surface area contributed by atoms with Crippen LogP contribution in [0.15, 0.2) is 48.5 Å². The second kappa shape index (κ2) is 8.22. The van der Waals surface area contributed by atoms with Crippen LogP contribution in [0.4, 0.5) is 11.4 Å². The number of carbonyl (C=O) groups excluding carboxylic acids is 1. The number of hydrogen-bond donors (Lipinski definition) is 2. The van der Waals surface area contributed by atoms with Crippen LogP contribution in [0.5, 0.6) is 0 Å². The summed E-state index contributed by atoms with van der Waals surface area (Å²) in [5, 5.41) is 11.6. The molecule has 1 aliphatic rings. The Hall–Kier alpha value is -2.86. The fourth-order valence-corrected chi connectivity index (χ4v) is 3.28. The van der Waals surface area contributed by atoms with Crippen LogP contribution in [0.2, 0.25) is 0 Å². The van der Waals surface area contributed by atoms with Crippen LogP contribution in [0.3, 0.4) is 0 Å². The normalized spacial score (nSPS) is 13.2. The first-order valence-corrected chi connectivity index (χ1v) is 8.90. The first-order valence-electron chi connectivity index (χ1n) is 8.90. The Balaban J connectivity index is 0.00000210. The molecule has 0 fully saturated rings. The molecule has 2 heterocycles. The zero-order valence-corrected chi connectivity index (χ0v) is 15.7. The summed E-state index contributed by atoms with van der Waals surface area (Å²) in [6.45, 7) is 0.964. The van der Waals surface area contributed by atoms with Crippen LogP contribution in [0, 0.1) is 0 Å². The van der Waals surface area contributed by atoms with E-state index in [0.717, 1.165) is 42.3 Å². The molecular formula is C20H22ClN5O. The Morgan fingerprint density at radius 1 is 1.04 bits per heavy atom. The monoisotopic (exact) mass is 383 g/mol. The van der Waals surface area contributed by atoms with E-state index in [0.29, 0.717) is 11.3 Å². The van der Waals surface area contributed by atoms with Crippen molar-refractivity contribution in [2.75, 3.05) is 11.1 Å². The van der Waals surface area contributed by atoms with Gasteiger partial charge in [-0.25, -0.2) is 0 Å². The predicted octanol–water partition coefficient (Wildman–Crippen LogP) is 3.93. The number of amides is 1. The highest BCUT2D eigenvalue weighted by Gasteiger charge is 2.16. The van der Waals surface area contributed by atoms with Crippen molar-refractivity contribution >= 4 is 29.7 Å². The molecule has 0 unspecified atom stereocenters. The average molecular weight is 384 g/mol. The smallest absolute Gasteiger partial charge is 0.255 e. The lowest BCUT2D eigenvalue weighted by Crippen LogP contribution is -2.12. The fraction of sp³-hybridized carbons (Fsp3) is 0.250. The molecule has 27 heavy (non-hydrogen) atoms. The fourth-order valence-electron chi connectivity index (χ4n) is 3.28. The Labute approximate surface area is 164 Å². The number of aromatic nitrogens is 3. The topological polar surface area (TPSA) is 85.8 Å². The van der Waals surface area contributed by atoms with Crippen LogP contribution in [-0.4, -0.2) is 20.7 Å². The maximum absolute atomic E-state index is 12.3. The van der Waals surface area contributed by atoms with Crippen molar-refractivity contribution in [3.63, 3.8) is 0 Å². The van der Waals surface area contributed by atoms with Gasteiger partial charge in [-0.05, 0) is 55.3 Å². The molecule has 0 saturated carbocycles. The van der Waals surface area contributed by atoms with Gasteiger partial charge in [-0.2, -0.15) is 0 Å². The quantitative estimate of drug-likeness (QED) is 0.671. The van der Waals surface area contributed by atoms with Crippen LogP contribution in [0.1, 0.15) is 35.4 Å². The minimum Gasteiger partial charge on any atom is -0.399 e. The predicted molar refractivity (Wildman–Crippen MR) is 109 cm³/mol. The zero-order chi connectivity index (χ0) is 17.9. The Bertz CT molecular complexity index is 936. The third kappa shape index (κ3) is 4.11. The first-order chi connectivity index (χ1) is 12.7. The molecule has 3 aromatic rings. The lowest BCUT2D eigenvalue weighted by molar-refractivity contribution is 0.102. The van der Waals surface area contributed by atoms with Crippen LogP contribution < -0.4 is 11.1 Å². The number of fused-ring (bicyclic) bond motifs is 1. The van der Waals surface area contributed by atoms with E-state index in [1.165, 1.54) is 12.8 Å². The summed E-state index contributed by atoms with van der Waals surface area (Å²) in [6.07, 6.45) is 4.55. The van der Waals surface area contributed by atoms with Gasteiger partial charge in [-0.3, -0.25) is 4.79 Å². The van der Waals surface area contributed by atoms with Crippen molar-refractivity contribution in [3.05, 3.63) is 59.9 Å². The molecule has 4 rings (SSSR count). The molecule has 0 aliphatic carbocycles. The van der Waals surface area contributed by atoms with Gasteiger partial charge in [0.25, 0.3) is 5.91 Å². The second-order valence-electron chi connectivity index (χ2n) is 6.56. The zero-order valence-electron chi connectivity index (χ0n) is 14.9. The number of rotatable bonds is 3. The molecule has 2 aromatic carbocycles. The summed E-state index contributed by atoms with van der Waals surface area (Å²) in [6, 6.07) is 14.6. The van der Waals surface area contributed by atoms with Crippen molar-refractivity contribution < 1.29 is 4.79 Å². The van der Waals surface area contributed by atoms with E-state index in [1.54, 1.807) is 24.3 Å². The molecule has 1 aromatic heterocycles. The minimum absolute atomic E-state index is 0. The first kappa shape index (κ1) is 18.9. The van der Waals surface area contributed by atoms with Crippen LogP contribution >= 0.6 is 12.4 Å². The summed E-state index contributed by atoms with van der Waals surface area (Å²) in [5.74, 6) is 1.79. The molecule has 0 radical (unpaired) electrons. The molecule has 140 valence electrons. The number of nitrogen functional groups attached to an aromatic ring is 1. The number of halogens is 1. The molecule has 6 nitrogen and oxygen atoms in total. The van der Waals surface area contributed by atoms with Crippen molar-refractivity contribution in [2.45, 2.75) is 32.2 Å². The maximum Gasteiger partial charge on any atom is 0.255 e. The Morgan fingerprint density at radius 2 is 1.85 bits per heavy atom. The van der Waals surface area contributed by atoms with Crippen molar-refractivity contribution in [3.8, 4) is 11.4 Å². The van der Waals surface area contributed by atoms with Crippen molar-refractivity contribution in [2.24, 2.45) is 0 Å². The minimum atomic E-state index is -0.179. The standard InChI is InChI=1S/C20H21N5O.ClH/c21-16-6-4-5-15(13-16)20(26)22-17-10-8-14(9-11-17)19-24-23-18-7-2-1-3-12-25(18)19;/h4-6,8-11,13H,1-3,7,12,21H2,(H,22,26);1H. The summed E-state index contributed by atoms with van der Waals surface area (Å²) in [5.41, 5.74) is 8.58. The van der Waals surface area contributed by atoms with E-state index >= 15 is 0 Å². The molecule has 0 bridgehead atoms. The third-order valence-electron chi connectivity index (χ3n) is 4.66. The molecule has 3 N–H and O–H groups in total. The highest BCUT2D eigenvalue weighted by Crippen LogP contribution is 2.24. The third-order valence-corrected chi connectivity index (χ3v) is 4.66. The van der Waals surface area contributed by atoms with Gasteiger partial charge in [0.05, 0.1) is 0 Å². The number of hydrogen-bond acceptors (Lipinski definition) is 4. The number of carbonyl (C=O) groups is 1. The molecule has 0 spiro atoms. The van der Waals surface area contributed by atoms with Gasteiger partial charge in [0.1, 0.15) is 5.82 Å². The Kier molecular flexibility index (Phi) is 5.76. The van der Waals surface area contributed by atoms with Crippen LogP contribution in [-0.2, 0) is 13.0 Å². The average Bonchev–Trinajstić information content (AvgIpc) is 2.90. The molecule has 7 heteroatoms. The number of aryl methyl sites for hydroxylation is 1. The van der Waals surface area contributed by atoms with Gasteiger partial charge in [-0.15, -0.1) is 22.6 Å². The van der Waals surface area contributed by atoms with E-state index in [1.807, 2.05) is 24.3 Å². The van der Waals surface area contributed by atoms with E-state index < -0.39 is 0 Å². The summed E-state index contributed by atoms with van der Waals surface area (Å²) in [4.78, 5) is 12.3.